The summed E-state index contributed by atoms with van der Waals surface area (Å²) < 4.78 is 13.0. The first kappa shape index (κ1) is 28.3. The van der Waals surface area contributed by atoms with E-state index in [0.717, 1.165) is 55.1 Å². The average Bonchev–Trinajstić information content (AvgIpc) is 3.78. The molecule has 1 aliphatic rings. The van der Waals surface area contributed by atoms with Gasteiger partial charge in [-0.2, -0.15) is 4.98 Å². The van der Waals surface area contributed by atoms with Crippen LogP contribution in [0.2, 0.25) is 0 Å². The van der Waals surface area contributed by atoms with Crippen molar-refractivity contribution in [2.75, 3.05) is 0 Å². The fourth-order valence-corrected chi connectivity index (χ4v) is 9.05. The van der Waals surface area contributed by atoms with E-state index < -0.39 is 0 Å². The van der Waals surface area contributed by atoms with Crippen LogP contribution >= 0.6 is 0 Å². The van der Waals surface area contributed by atoms with Crippen molar-refractivity contribution < 1.29 is 8.83 Å². The molecule has 1 aliphatic carbocycles. The van der Waals surface area contributed by atoms with Gasteiger partial charge in [0.15, 0.2) is 5.82 Å². The molecule has 10 rings (SSSR count). The van der Waals surface area contributed by atoms with Gasteiger partial charge in [0.05, 0.1) is 11.1 Å². The van der Waals surface area contributed by atoms with Crippen LogP contribution in [0.3, 0.4) is 0 Å². The molecule has 0 saturated carbocycles. The highest BCUT2D eigenvalue weighted by molar-refractivity contribution is 6.17. The Balaban J connectivity index is 1.27. The molecule has 0 radical (unpaired) electrons. The first-order valence-corrected chi connectivity index (χ1v) is 17.2. The van der Waals surface area contributed by atoms with Gasteiger partial charge in [-0.15, -0.1) is 0 Å². The van der Waals surface area contributed by atoms with Crippen LogP contribution in [0.1, 0.15) is 38.8 Å². The van der Waals surface area contributed by atoms with E-state index >= 15 is 0 Å². The van der Waals surface area contributed by atoms with Crippen molar-refractivity contribution in [3.63, 3.8) is 0 Å². The second-order valence-corrected chi connectivity index (χ2v) is 14.1. The zero-order chi connectivity index (χ0) is 33.0. The maximum absolute atomic E-state index is 6.60. The minimum atomic E-state index is -0.0927. The lowest BCUT2D eigenvalue weighted by atomic mass is 9.63. The van der Waals surface area contributed by atoms with Crippen LogP contribution in [-0.2, 0) is 5.41 Å². The van der Waals surface area contributed by atoms with Gasteiger partial charge in [-0.25, -0.2) is 4.98 Å². The van der Waals surface area contributed by atoms with Gasteiger partial charge < -0.3 is 8.83 Å². The minimum absolute atomic E-state index is 0.0927. The molecule has 0 amide bonds. The molecule has 4 heteroatoms. The van der Waals surface area contributed by atoms with Gasteiger partial charge in [0.1, 0.15) is 16.7 Å². The summed E-state index contributed by atoms with van der Waals surface area (Å²) in [5.74, 6) is 1.47. The van der Waals surface area contributed by atoms with E-state index in [1.807, 2.05) is 18.2 Å². The second-order valence-electron chi connectivity index (χ2n) is 14.1. The van der Waals surface area contributed by atoms with E-state index in [1.165, 1.54) is 33.0 Å². The highest BCUT2D eigenvalue weighted by atomic mass is 16.3. The molecule has 4 nitrogen and oxygen atoms in total. The first-order valence-electron chi connectivity index (χ1n) is 17.2. The topological polar surface area (TPSA) is 52.1 Å². The highest BCUT2D eigenvalue weighted by Crippen LogP contribution is 2.59. The summed E-state index contributed by atoms with van der Waals surface area (Å²) >= 11 is 0. The Kier molecular flexibility index (Phi) is 5.85. The SMILES string of the molecule is CC(C)C1(C(C)C)c2ccccc2-c2c1ccc1oc3ccc(-c4nc(-c5ccc6ccccc6c5)nc5oc6ccccc6c45)cc3c21. The molecular formula is C45H34N2O2. The van der Waals surface area contributed by atoms with Crippen molar-refractivity contribution in [3.05, 3.63) is 132 Å². The van der Waals surface area contributed by atoms with Gasteiger partial charge in [-0.3, -0.25) is 0 Å². The number of benzene rings is 6. The van der Waals surface area contributed by atoms with Gasteiger partial charge in [-0.05, 0) is 81.3 Å². The van der Waals surface area contributed by atoms with Crippen molar-refractivity contribution in [2.24, 2.45) is 11.8 Å². The van der Waals surface area contributed by atoms with E-state index in [-0.39, 0.29) is 5.41 Å². The maximum Gasteiger partial charge on any atom is 0.231 e. The molecule has 0 N–H and O–H groups in total. The lowest BCUT2D eigenvalue weighted by molar-refractivity contribution is 0.280. The summed E-state index contributed by atoms with van der Waals surface area (Å²) in [6.07, 6.45) is 0. The minimum Gasteiger partial charge on any atom is -0.456 e. The summed E-state index contributed by atoms with van der Waals surface area (Å²) in [4.78, 5) is 10.3. The van der Waals surface area contributed by atoms with Gasteiger partial charge in [-0.1, -0.05) is 113 Å². The number of hydrogen-bond donors (Lipinski definition) is 0. The fraction of sp³-hybridized carbons (Fsp3) is 0.156. The summed E-state index contributed by atoms with van der Waals surface area (Å²) in [6, 6.07) is 42.9. The van der Waals surface area contributed by atoms with Crippen molar-refractivity contribution in [2.45, 2.75) is 33.1 Å². The molecule has 6 aromatic carbocycles. The lowest BCUT2D eigenvalue weighted by Crippen LogP contribution is -2.37. The largest absolute Gasteiger partial charge is 0.456 e. The molecule has 49 heavy (non-hydrogen) atoms. The van der Waals surface area contributed by atoms with Crippen LogP contribution < -0.4 is 0 Å². The molecule has 0 unspecified atom stereocenters. The van der Waals surface area contributed by atoms with Crippen LogP contribution in [0.5, 0.6) is 0 Å². The third-order valence-electron chi connectivity index (χ3n) is 11.1. The van der Waals surface area contributed by atoms with Crippen molar-refractivity contribution in [1.29, 1.82) is 0 Å². The Morgan fingerprint density at radius 3 is 2.10 bits per heavy atom. The number of furan rings is 2. The average molecular weight is 635 g/mol. The Bertz CT molecular complexity index is 2790. The summed E-state index contributed by atoms with van der Waals surface area (Å²) in [5, 5.41) is 6.51. The van der Waals surface area contributed by atoms with E-state index in [1.54, 1.807) is 0 Å². The maximum atomic E-state index is 6.60. The highest BCUT2D eigenvalue weighted by Gasteiger charge is 2.48. The molecule has 0 saturated heterocycles. The standard InChI is InChI=1S/C45H34N2O2/c1-25(2)45(26(3)4)34-15-9-7-13-31(34)39-35(45)20-22-38-40(39)33-24-29(19-21-37(33)48-38)42-41-32-14-8-10-16-36(32)49-44(41)47-43(46-42)30-18-17-27-11-5-6-12-28(27)23-30/h5-26H,1-4H3. The smallest absolute Gasteiger partial charge is 0.231 e. The predicted octanol–water partition coefficient (Wildman–Crippen LogP) is 12.3. The Labute approximate surface area is 284 Å². The quantitative estimate of drug-likeness (QED) is 0.193. The molecule has 0 fully saturated rings. The number of aromatic nitrogens is 2. The first-order chi connectivity index (χ1) is 23.9. The van der Waals surface area contributed by atoms with E-state index in [2.05, 4.69) is 131 Å². The molecular weight excluding hydrogens is 601 g/mol. The molecule has 0 aliphatic heterocycles. The Morgan fingerprint density at radius 1 is 0.531 bits per heavy atom. The van der Waals surface area contributed by atoms with Gasteiger partial charge >= 0.3 is 0 Å². The van der Waals surface area contributed by atoms with Crippen LogP contribution in [-0.4, -0.2) is 9.97 Å². The third kappa shape index (κ3) is 3.80. The summed E-state index contributed by atoms with van der Waals surface area (Å²) in [7, 11) is 0. The number of para-hydroxylation sites is 1. The zero-order valence-electron chi connectivity index (χ0n) is 27.9. The van der Waals surface area contributed by atoms with Crippen LogP contribution in [0, 0.1) is 11.8 Å². The summed E-state index contributed by atoms with van der Waals surface area (Å²) in [5.41, 5.74) is 11.3. The normalized spacial score (nSPS) is 13.8. The van der Waals surface area contributed by atoms with Crippen molar-refractivity contribution in [1.82, 2.24) is 9.97 Å². The van der Waals surface area contributed by atoms with Gasteiger partial charge in [0.2, 0.25) is 5.71 Å². The van der Waals surface area contributed by atoms with Crippen molar-refractivity contribution >= 4 is 54.8 Å². The molecule has 9 aromatic rings. The van der Waals surface area contributed by atoms with Gasteiger partial charge in [0.25, 0.3) is 0 Å². The molecule has 3 aromatic heterocycles. The monoisotopic (exact) mass is 634 g/mol. The van der Waals surface area contributed by atoms with Crippen LogP contribution in [0.25, 0.3) is 88.6 Å². The van der Waals surface area contributed by atoms with E-state index in [4.69, 9.17) is 18.8 Å². The number of fused-ring (bicyclic) bond motifs is 11. The summed E-state index contributed by atoms with van der Waals surface area (Å²) in [6.45, 7) is 9.46. The zero-order valence-corrected chi connectivity index (χ0v) is 27.9. The Hall–Kier alpha value is -5.74. The molecule has 0 bridgehead atoms. The van der Waals surface area contributed by atoms with Crippen molar-refractivity contribution in [3.8, 4) is 33.8 Å². The lowest BCUT2D eigenvalue weighted by Gasteiger charge is -2.40. The second kappa shape index (κ2) is 10.1. The third-order valence-corrected chi connectivity index (χ3v) is 11.1. The number of rotatable bonds is 4. The fourth-order valence-electron chi connectivity index (χ4n) is 9.05. The molecule has 236 valence electrons. The van der Waals surface area contributed by atoms with E-state index in [9.17, 15) is 0 Å². The predicted molar refractivity (Wildman–Crippen MR) is 201 cm³/mol. The Morgan fingerprint density at radius 2 is 1.24 bits per heavy atom. The molecule has 0 spiro atoms. The van der Waals surface area contributed by atoms with Crippen LogP contribution in [0.15, 0.2) is 130 Å². The molecule has 3 heterocycles. The number of hydrogen-bond acceptors (Lipinski definition) is 4. The van der Waals surface area contributed by atoms with E-state index in [0.29, 0.717) is 23.4 Å². The van der Waals surface area contributed by atoms with Crippen LogP contribution in [0.4, 0.5) is 0 Å². The molecule has 0 atom stereocenters. The number of nitrogens with zero attached hydrogens (tertiary/aromatic N) is 2. The van der Waals surface area contributed by atoms with Gasteiger partial charge in [0, 0.05) is 32.7 Å².